The maximum absolute atomic E-state index is 12.4. The highest BCUT2D eigenvalue weighted by Crippen LogP contribution is 2.18. The number of nitrogens with zero attached hydrogens (tertiary/aromatic N) is 3. The van der Waals surface area contributed by atoms with E-state index in [2.05, 4.69) is 27.5 Å². The third-order valence-corrected chi connectivity index (χ3v) is 4.67. The first-order valence-corrected chi connectivity index (χ1v) is 8.88. The number of nitrogens with one attached hydrogen (secondary N) is 1. The van der Waals surface area contributed by atoms with Gasteiger partial charge in [0.25, 0.3) is 5.91 Å². The summed E-state index contributed by atoms with van der Waals surface area (Å²) in [6.45, 7) is 4.95. The number of aromatic nitrogens is 3. The molecule has 7 heteroatoms. The molecule has 1 N–H and O–H groups in total. The van der Waals surface area contributed by atoms with Crippen LogP contribution in [0.2, 0.25) is 10.2 Å². The van der Waals surface area contributed by atoms with Gasteiger partial charge in [0.2, 0.25) is 0 Å². The zero-order valence-corrected chi connectivity index (χ0v) is 16.0. The van der Waals surface area contributed by atoms with Crippen LogP contribution in [0.3, 0.4) is 0 Å². The summed E-state index contributed by atoms with van der Waals surface area (Å²) in [4.78, 5) is 16.4. The molecule has 0 saturated carbocycles. The monoisotopic (exact) mass is 388 g/mol. The number of hydrogen-bond acceptors (Lipinski definition) is 3. The van der Waals surface area contributed by atoms with Crippen molar-refractivity contribution in [2.45, 2.75) is 26.9 Å². The van der Waals surface area contributed by atoms with Crippen molar-refractivity contribution in [1.29, 1.82) is 0 Å². The van der Waals surface area contributed by atoms with Crippen LogP contribution >= 0.6 is 23.2 Å². The van der Waals surface area contributed by atoms with Gasteiger partial charge in [0.05, 0.1) is 17.3 Å². The fourth-order valence-electron chi connectivity index (χ4n) is 2.73. The highest BCUT2D eigenvalue weighted by molar-refractivity contribution is 6.34. The molecular formula is C19H18Cl2N4O. The van der Waals surface area contributed by atoms with E-state index in [1.165, 1.54) is 5.56 Å². The predicted molar refractivity (Wildman–Crippen MR) is 103 cm³/mol. The molecule has 2 heterocycles. The Morgan fingerprint density at radius 2 is 1.85 bits per heavy atom. The highest BCUT2D eigenvalue weighted by Gasteiger charge is 2.16. The number of amides is 1. The normalized spacial score (nSPS) is 10.8. The number of carbonyl (C=O) groups is 1. The van der Waals surface area contributed by atoms with Crippen LogP contribution in [0.25, 0.3) is 0 Å². The van der Waals surface area contributed by atoms with E-state index >= 15 is 0 Å². The molecule has 0 aliphatic carbocycles. The van der Waals surface area contributed by atoms with Crippen LogP contribution in [-0.4, -0.2) is 20.7 Å². The Hall–Kier alpha value is -2.37. The van der Waals surface area contributed by atoms with Crippen LogP contribution in [0.15, 0.2) is 42.5 Å². The third kappa shape index (κ3) is 4.06. The van der Waals surface area contributed by atoms with Crippen molar-refractivity contribution in [1.82, 2.24) is 20.1 Å². The highest BCUT2D eigenvalue weighted by atomic mass is 35.5. The molecule has 0 radical (unpaired) electrons. The summed E-state index contributed by atoms with van der Waals surface area (Å²) in [5.41, 5.74) is 4.16. The van der Waals surface area contributed by atoms with Gasteiger partial charge < -0.3 is 5.32 Å². The molecule has 134 valence electrons. The van der Waals surface area contributed by atoms with E-state index < -0.39 is 0 Å². The molecule has 1 aromatic carbocycles. The first kappa shape index (κ1) is 18.4. The van der Waals surface area contributed by atoms with Gasteiger partial charge in [-0.15, -0.1) is 0 Å². The van der Waals surface area contributed by atoms with E-state index in [-0.39, 0.29) is 21.8 Å². The Morgan fingerprint density at radius 1 is 1.12 bits per heavy atom. The van der Waals surface area contributed by atoms with Gasteiger partial charge in [0, 0.05) is 17.8 Å². The second kappa shape index (κ2) is 7.89. The zero-order chi connectivity index (χ0) is 18.7. The lowest BCUT2D eigenvalue weighted by atomic mass is 10.2. The van der Waals surface area contributed by atoms with E-state index in [0.29, 0.717) is 13.1 Å². The molecule has 5 nitrogen and oxygen atoms in total. The van der Waals surface area contributed by atoms with Crippen molar-refractivity contribution in [2.75, 3.05) is 0 Å². The van der Waals surface area contributed by atoms with Crippen LogP contribution in [0.1, 0.15) is 33.0 Å². The summed E-state index contributed by atoms with van der Waals surface area (Å²) < 4.78 is 1.94. The van der Waals surface area contributed by atoms with Gasteiger partial charge in [-0.25, -0.2) is 4.98 Å². The minimum absolute atomic E-state index is 0.117. The maximum Gasteiger partial charge on any atom is 0.271 e. The molecule has 2 aromatic heterocycles. The Bertz CT molecular complexity index is 938. The molecule has 3 rings (SSSR count). The fourth-order valence-corrected chi connectivity index (χ4v) is 3.07. The van der Waals surface area contributed by atoms with Crippen molar-refractivity contribution in [3.05, 3.63) is 80.8 Å². The Balaban J connectivity index is 1.74. The molecule has 0 aliphatic heterocycles. The fraction of sp³-hybridized carbons (Fsp3) is 0.211. The van der Waals surface area contributed by atoms with Crippen LogP contribution in [0, 0.1) is 13.8 Å². The molecule has 1 amide bonds. The van der Waals surface area contributed by atoms with Crippen molar-refractivity contribution in [2.24, 2.45) is 0 Å². The lowest BCUT2D eigenvalue weighted by Gasteiger charge is -2.08. The van der Waals surface area contributed by atoms with Gasteiger partial charge in [0.1, 0.15) is 10.8 Å². The van der Waals surface area contributed by atoms with Crippen molar-refractivity contribution in [3.8, 4) is 0 Å². The lowest BCUT2D eigenvalue weighted by molar-refractivity contribution is 0.0946. The molecule has 0 aliphatic rings. The Labute approximate surface area is 162 Å². The minimum Gasteiger partial charge on any atom is -0.346 e. The van der Waals surface area contributed by atoms with Gasteiger partial charge in [0.15, 0.2) is 0 Å². The summed E-state index contributed by atoms with van der Waals surface area (Å²) in [6, 6.07) is 13.2. The summed E-state index contributed by atoms with van der Waals surface area (Å²) in [7, 11) is 0. The van der Waals surface area contributed by atoms with Crippen molar-refractivity contribution in [3.63, 3.8) is 0 Å². The number of benzene rings is 1. The number of halogens is 2. The quantitative estimate of drug-likeness (QED) is 0.666. The lowest BCUT2D eigenvalue weighted by Crippen LogP contribution is -2.24. The van der Waals surface area contributed by atoms with Gasteiger partial charge in [-0.1, -0.05) is 53.5 Å². The van der Waals surface area contributed by atoms with Crippen LogP contribution in [0.5, 0.6) is 0 Å². The van der Waals surface area contributed by atoms with Crippen molar-refractivity contribution >= 4 is 29.1 Å². The minimum atomic E-state index is -0.368. The first-order valence-electron chi connectivity index (χ1n) is 8.12. The van der Waals surface area contributed by atoms with Crippen LogP contribution in [-0.2, 0) is 13.1 Å². The summed E-state index contributed by atoms with van der Waals surface area (Å²) >= 11 is 11.9. The second-order valence-corrected chi connectivity index (χ2v) is 6.73. The number of hydrogen-bond donors (Lipinski definition) is 1. The molecule has 0 bridgehead atoms. The second-order valence-electron chi connectivity index (χ2n) is 5.94. The molecular weight excluding hydrogens is 371 g/mol. The Morgan fingerprint density at radius 3 is 2.58 bits per heavy atom. The average molecular weight is 389 g/mol. The maximum atomic E-state index is 12.4. The molecule has 0 saturated heterocycles. The molecule has 26 heavy (non-hydrogen) atoms. The molecule has 0 unspecified atom stereocenters. The molecule has 3 aromatic rings. The smallest absolute Gasteiger partial charge is 0.271 e. The average Bonchev–Trinajstić information content (AvgIpc) is 2.89. The van der Waals surface area contributed by atoms with E-state index in [9.17, 15) is 4.79 Å². The topological polar surface area (TPSA) is 59.8 Å². The van der Waals surface area contributed by atoms with Crippen molar-refractivity contribution < 1.29 is 4.79 Å². The number of aryl methyl sites for hydroxylation is 1. The number of pyridine rings is 1. The van der Waals surface area contributed by atoms with Crippen LogP contribution in [0.4, 0.5) is 0 Å². The number of carbonyl (C=O) groups excluding carboxylic acids is 1. The largest absolute Gasteiger partial charge is 0.346 e. The molecule has 0 spiro atoms. The molecule has 0 atom stereocenters. The predicted octanol–water partition coefficient (Wildman–Crippen LogP) is 4.18. The van der Waals surface area contributed by atoms with Crippen LogP contribution < -0.4 is 5.32 Å². The summed E-state index contributed by atoms with van der Waals surface area (Å²) in [5, 5.41) is 7.92. The van der Waals surface area contributed by atoms with Gasteiger partial charge in [-0.05, 0) is 31.5 Å². The number of rotatable bonds is 5. The molecule has 0 fully saturated rings. The standard InChI is InChI=1S/C19H18Cl2N4O/c1-12-15(10-22-19(26)18-16(20)8-9-17(21)23-18)13(2)25(24-12)11-14-6-4-3-5-7-14/h3-9H,10-11H2,1-2H3,(H,22,26). The van der Waals surface area contributed by atoms with Gasteiger partial charge in [-0.3, -0.25) is 9.48 Å². The van der Waals surface area contributed by atoms with E-state index in [1.807, 2.05) is 36.7 Å². The van der Waals surface area contributed by atoms with Gasteiger partial charge >= 0.3 is 0 Å². The van der Waals surface area contributed by atoms with E-state index in [0.717, 1.165) is 17.0 Å². The first-order chi connectivity index (χ1) is 12.5. The summed E-state index contributed by atoms with van der Waals surface area (Å²) in [6.07, 6.45) is 0. The van der Waals surface area contributed by atoms with E-state index in [4.69, 9.17) is 23.2 Å². The van der Waals surface area contributed by atoms with Gasteiger partial charge in [-0.2, -0.15) is 5.10 Å². The van der Waals surface area contributed by atoms with E-state index in [1.54, 1.807) is 12.1 Å². The summed E-state index contributed by atoms with van der Waals surface area (Å²) in [5.74, 6) is -0.368. The third-order valence-electron chi connectivity index (χ3n) is 4.16. The SMILES string of the molecule is Cc1nn(Cc2ccccc2)c(C)c1CNC(=O)c1nc(Cl)ccc1Cl. The Kier molecular flexibility index (Phi) is 5.59. The zero-order valence-electron chi connectivity index (χ0n) is 14.5.